The molecule has 0 unspecified atom stereocenters. The van der Waals surface area contributed by atoms with Gasteiger partial charge in [0.1, 0.15) is 0 Å². The highest BCUT2D eigenvalue weighted by Crippen LogP contribution is 2.30. The number of hydrogen-bond acceptors (Lipinski definition) is 7. The summed E-state index contributed by atoms with van der Waals surface area (Å²) in [6.07, 6.45) is 1.15. The number of anilines is 1. The topological polar surface area (TPSA) is 49.9 Å². The van der Waals surface area contributed by atoms with Crippen LogP contribution in [-0.2, 0) is 11.3 Å². The van der Waals surface area contributed by atoms with Crippen LogP contribution in [0.2, 0.25) is 0 Å². The van der Waals surface area contributed by atoms with Crippen molar-refractivity contribution >= 4 is 16.5 Å². The second-order valence-electron chi connectivity index (χ2n) is 5.31. The Morgan fingerprint density at radius 2 is 2.14 bits per heavy atom. The molecule has 2 heterocycles. The Morgan fingerprint density at radius 3 is 2.81 bits per heavy atom. The Balaban J connectivity index is 1.68. The van der Waals surface area contributed by atoms with Crippen LogP contribution in [0, 0.1) is 0 Å². The molecule has 1 fully saturated rings. The van der Waals surface area contributed by atoms with Crippen LogP contribution >= 0.6 is 11.3 Å². The van der Waals surface area contributed by atoms with E-state index in [1.165, 1.54) is 0 Å². The largest absolute Gasteiger partial charge is 0.480 e. The van der Waals surface area contributed by atoms with E-state index < -0.39 is 0 Å². The number of morpholine rings is 1. The summed E-state index contributed by atoms with van der Waals surface area (Å²) in [5.41, 5.74) is 0. The molecule has 21 heavy (non-hydrogen) atoms. The summed E-state index contributed by atoms with van der Waals surface area (Å²) in [7, 11) is 5.67. The molecule has 6 nitrogen and oxygen atoms in total. The average molecular weight is 314 g/mol. The van der Waals surface area contributed by atoms with Gasteiger partial charge < -0.3 is 19.7 Å². The van der Waals surface area contributed by atoms with Gasteiger partial charge in [0, 0.05) is 33.7 Å². The molecule has 1 aliphatic heterocycles. The summed E-state index contributed by atoms with van der Waals surface area (Å²) >= 11 is 1.68. The predicted molar refractivity (Wildman–Crippen MR) is 86.6 cm³/mol. The maximum absolute atomic E-state index is 5.35. The Bertz CT molecular complexity index is 419. The first-order valence-electron chi connectivity index (χ1n) is 7.42. The molecule has 1 aliphatic rings. The van der Waals surface area contributed by atoms with Gasteiger partial charge in [-0.3, -0.25) is 4.90 Å². The third-order valence-corrected chi connectivity index (χ3v) is 4.65. The Morgan fingerprint density at radius 1 is 1.38 bits per heavy atom. The molecule has 0 amide bonds. The zero-order valence-corrected chi connectivity index (χ0v) is 14.0. The molecule has 1 saturated heterocycles. The number of aromatic nitrogens is 1. The van der Waals surface area contributed by atoms with Gasteiger partial charge in [-0.2, -0.15) is 4.98 Å². The first-order chi connectivity index (χ1) is 10.2. The molecule has 120 valence electrons. The molecule has 1 aromatic heterocycles. The van der Waals surface area contributed by atoms with Crippen LogP contribution < -0.4 is 15.0 Å². The van der Waals surface area contributed by atoms with Gasteiger partial charge in [-0.15, -0.1) is 0 Å². The number of methoxy groups -OCH3 is 1. The van der Waals surface area contributed by atoms with Crippen molar-refractivity contribution in [2.45, 2.75) is 13.0 Å². The van der Waals surface area contributed by atoms with Crippen molar-refractivity contribution in [1.29, 1.82) is 0 Å². The van der Waals surface area contributed by atoms with Crippen LogP contribution in [0.1, 0.15) is 11.3 Å². The van der Waals surface area contributed by atoms with Crippen LogP contribution in [0.4, 0.5) is 5.13 Å². The molecule has 0 aromatic carbocycles. The Hall–Kier alpha value is -0.890. The third-order valence-electron chi connectivity index (χ3n) is 3.44. The molecular formula is C14H26N4O2S. The van der Waals surface area contributed by atoms with E-state index in [4.69, 9.17) is 9.47 Å². The lowest BCUT2D eigenvalue weighted by molar-refractivity contribution is 0.0374. The van der Waals surface area contributed by atoms with Crippen molar-refractivity contribution in [3.05, 3.63) is 4.88 Å². The highest BCUT2D eigenvalue weighted by molar-refractivity contribution is 7.15. The monoisotopic (exact) mass is 314 g/mol. The predicted octanol–water partition coefficient (Wildman–Crippen LogP) is 1.03. The van der Waals surface area contributed by atoms with Crippen molar-refractivity contribution in [1.82, 2.24) is 15.2 Å². The number of nitrogens with zero attached hydrogens (tertiary/aromatic N) is 3. The summed E-state index contributed by atoms with van der Waals surface area (Å²) in [5, 5.41) is 4.47. The van der Waals surface area contributed by atoms with Crippen LogP contribution in [0.3, 0.4) is 0 Å². The van der Waals surface area contributed by atoms with Crippen LogP contribution in [0.15, 0.2) is 0 Å². The summed E-state index contributed by atoms with van der Waals surface area (Å²) in [6.45, 7) is 6.84. The minimum atomic E-state index is 0.740. The first-order valence-corrected chi connectivity index (χ1v) is 8.24. The van der Waals surface area contributed by atoms with Gasteiger partial charge in [0.15, 0.2) is 5.13 Å². The average Bonchev–Trinajstić information content (AvgIpc) is 2.91. The number of rotatable bonds is 8. The lowest BCUT2D eigenvalue weighted by atomic mass is 10.3. The van der Waals surface area contributed by atoms with Crippen LogP contribution in [-0.4, -0.2) is 70.5 Å². The SMILES string of the molecule is COc1nc(N(C)C)sc1CNCCCN1CCOCC1. The quantitative estimate of drug-likeness (QED) is 0.723. The zero-order chi connectivity index (χ0) is 15.1. The molecule has 0 saturated carbocycles. The number of nitrogens with one attached hydrogen (secondary N) is 1. The highest BCUT2D eigenvalue weighted by atomic mass is 32.1. The molecule has 0 spiro atoms. The van der Waals surface area contributed by atoms with E-state index in [-0.39, 0.29) is 0 Å². The molecule has 7 heteroatoms. The number of ether oxygens (including phenoxy) is 2. The second kappa shape index (κ2) is 8.53. The van der Waals surface area contributed by atoms with Gasteiger partial charge in [0.25, 0.3) is 0 Å². The smallest absolute Gasteiger partial charge is 0.230 e. The summed E-state index contributed by atoms with van der Waals surface area (Å²) in [4.78, 5) is 10.1. The van der Waals surface area contributed by atoms with Gasteiger partial charge in [0.2, 0.25) is 5.88 Å². The van der Waals surface area contributed by atoms with Crippen LogP contribution in [0.25, 0.3) is 0 Å². The third kappa shape index (κ3) is 5.10. The molecule has 0 bridgehead atoms. The highest BCUT2D eigenvalue weighted by Gasteiger charge is 2.13. The molecule has 0 aliphatic carbocycles. The lowest BCUT2D eigenvalue weighted by Crippen LogP contribution is -2.37. The maximum Gasteiger partial charge on any atom is 0.230 e. The van der Waals surface area contributed by atoms with E-state index >= 15 is 0 Å². The molecule has 1 N–H and O–H groups in total. The maximum atomic E-state index is 5.35. The van der Waals surface area contributed by atoms with Gasteiger partial charge in [-0.25, -0.2) is 0 Å². The standard InChI is InChI=1S/C14H26N4O2S/c1-17(2)14-16-13(19-3)12(21-14)11-15-5-4-6-18-7-9-20-10-8-18/h15H,4-11H2,1-3H3. The minimum Gasteiger partial charge on any atom is -0.480 e. The van der Waals surface area contributed by atoms with Gasteiger partial charge in [-0.05, 0) is 19.5 Å². The van der Waals surface area contributed by atoms with Crippen LogP contribution in [0.5, 0.6) is 5.88 Å². The minimum absolute atomic E-state index is 0.740. The van der Waals surface area contributed by atoms with E-state index in [1.807, 2.05) is 19.0 Å². The molecular weight excluding hydrogens is 288 g/mol. The lowest BCUT2D eigenvalue weighted by Gasteiger charge is -2.26. The van der Waals surface area contributed by atoms with E-state index in [0.717, 1.165) is 68.2 Å². The first kappa shape index (κ1) is 16.5. The number of hydrogen-bond donors (Lipinski definition) is 1. The molecule has 2 rings (SSSR count). The van der Waals surface area contributed by atoms with E-state index in [9.17, 15) is 0 Å². The van der Waals surface area contributed by atoms with E-state index in [0.29, 0.717) is 0 Å². The van der Waals surface area contributed by atoms with Crippen molar-refractivity contribution in [3.8, 4) is 5.88 Å². The van der Waals surface area contributed by atoms with E-state index in [2.05, 4.69) is 15.2 Å². The normalized spacial score (nSPS) is 16.1. The summed E-state index contributed by atoms with van der Waals surface area (Å²) < 4.78 is 10.7. The Kier molecular flexibility index (Phi) is 6.69. The van der Waals surface area contributed by atoms with Gasteiger partial charge >= 0.3 is 0 Å². The molecule has 0 atom stereocenters. The van der Waals surface area contributed by atoms with Crippen molar-refractivity contribution in [3.63, 3.8) is 0 Å². The number of thiazole rings is 1. The summed E-state index contributed by atoms with van der Waals surface area (Å²) in [5.74, 6) is 0.740. The fourth-order valence-electron chi connectivity index (χ4n) is 2.24. The van der Waals surface area contributed by atoms with Crippen molar-refractivity contribution in [2.24, 2.45) is 0 Å². The summed E-state index contributed by atoms with van der Waals surface area (Å²) in [6, 6.07) is 0. The van der Waals surface area contributed by atoms with Crippen molar-refractivity contribution in [2.75, 3.05) is 65.5 Å². The molecule has 1 aromatic rings. The van der Waals surface area contributed by atoms with Gasteiger partial charge in [0.05, 0.1) is 25.2 Å². The fourth-order valence-corrected chi connectivity index (χ4v) is 3.16. The van der Waals surface area contributed by atoms with Gasteiger partial charge in [-0.1, -0.05) is 11.3 Å². The van der Waals surface area contributed by atoms with Crippen molar-refractivity contribution < 1.29 is 9.47 Å². The molecule has 0 radical (unpaired) electrons. The zero-order valence-electron chi connectivity index (χ0n) is 13.2. The fraction of sp³-hybridized carbons (Fsp3) is 0.786. The second-order valence-corrected chi connectivity index (χ2v) is 6.37. The Labute approximate surface area is 131 Å². The van der Waals surface area contributed by atoms with E-state index in [1.54, 1.807) is 18.4 Å².